The van der Waals surface area contributed by atoms with Crippen LogP contribution in [-0.4, -0.2) is 11.2 Å². The summed E-state index contributed by atoms with van der Waals surface area (Å²) >= 11 is 0. The predicted molar refractivity (Wildman–Crippen MR) is 60.5 cm³/mol. The molecular weight excluding hydrogens is 172 g/mol. The molecular formula is C13H20O. The number of aliphatic hydroxyl groups is 1. The first-order chi connectivity index (χ1) is 6.50. The standard InChI is InChI=1S/C13H20O/c1-9-5-6-13(11(3)7-9)8-10(2)12(4)14/h5-7,10,12,14H,8H2,1-4H3. The molecule has 0 radical (unpaired) electrons. The van der Waals surface area contributed by atoms with E-state index in [0.29, 0.717) is 5.92 Å². The molecule has 1 rings (SSSR count). The Morgan fingerprint density at radius 1 is 1.21 bits per heavy atom. The maximum Gasteiger partial charge on any atom is 0.0540 e. The van der Waals surface area contributed by atoms with Gasteiger partial charge in [0.15, 0.2) is 0 Å². The maximum atomic E-state index is 9.43. The van der Waals surface area contributed by atoms with Gasteiger partial charge in [-0.15, -0.1) is 0 Å². The Morgan fingerprint density at radius 3 is 2.36 bits per heavy atom. The molecule has 0 bridgehead atoms. The van der Waals surface area contributed by atoms with Gasteiger partial charge in [-0.3, -0.25) is 0 Å². The van der Waals surface area contributed by atoms with Crippen molar-refractivity contribution in [2.24, 2.45) is 5.92 Å². The molecule has 0 heterocycles. The SMILES string of the molecule is Cc1ccc(CC(C)C(C)O)c(C)c1. The molecule has 1 nitrogen and oxygen atoms in total. The van der Waals surface area contributed by atoms with Crippen LogP contribution in [0.25, 0.3) is 0 Å². The van der Waals surface area contributed by atoms with E-state index in [2.05, 4.69) is 39.0 Å². The minimum Gasteiger partial charge on any atom is -0.393 e. The zero-order valence-electron chi connectivity index (χ0n) is 9.54. The van der Waals surface area contributed by atoms with E-state index in [1.54, 1.807) is 0 Å². The average Bonchev–Trinajstić information content (AvgIpc) is 2.09. The van der Waals surface area contributed by atoms with Gasteiger partial charge in [0.05, 0.1) is 6.10 Å². The monoisotopic (exact) mass is 192 g/mol. The van der Waals surface area contributed by atoms with Gasteiger partial charge >= 0.3 is 0 Å². The first-order valence-corrected chi connectivity index (χ1v) is 5.25. The van der Waals surface area contributed by atoms with Gasteiger partial charge in [-0.25, -0.2) is 0 Å². The minimum atomic E-state index is -0.226. The van der Waals surface area contributed by atoms with Crippen LogP contribution in [0, 0.1) is 19.8 Å². The summed E-state index contributed by atoms with van der Waals surface area (Å²) in [7, 11) is 0. The number of hydrogen-bond donors (Lipinski definition) is 1. The first kappa shape index (κ1) is 11.3. The molecule has 2 unspecified atom stereocenters. The molecule has 1 aromatic rings. The summed E-state index contributed by atoms with van der Waals surface area (Å²) in [4.78, 5) is 0. The summed E-state index contributed by atoms with van der Waals surface area (Å²) in [5.41, 5.74) is 3.98. The number of aryl methyl sites for hydroxylation is 2. The van der Waals surface area contributed by atoms with Crippen LogP contribution < -0.4 is 0 Å². The predicted octanol–water partition coefficient (Wildman–Crippen LogP) is 2.86. The van der Waals surface area contributed by atoms with E-state index < -0.39 is 0 Å². The molecule has 1 heteroatoms. The first-order valence-electron chi connectivity index (χ1n) is 5.25. The molecule has 14 heavy (non-hydrogen) atoms. The number of hydrogen-bond acceptors (Lipinski definition) is 1. The van der Waals surface area contributed by atoms with E-state index in [1.165, 1.54) is 16.7 Å². The molecule has 0 fully saturated rings. The molecule has 0 spiro atoms. The Labute approximate surface area is 86.8 Å². The van der Waals surface area contributed by atoms with Crippen LogP contribution in [0.15, 0.2) is 18.2 Å². The molecule has 0 aliphatic rings. The van der Waals surface area contributed by atoms with Crippen LogP contribution in [0.3, 0.4) is 0 Å². The van der Waals surface area contributed by atoms with Gasteiger partial charge < -0.3 is 5.11 Å². The molecule has 0 aliphatic carbocycles. The van der Waals surface area contributed by atoms with E-state index in [0.717, 1.165) is 6.42 Å². The zero-order valence-corrected chi connectivity index (χ0v) is 9.54. The van der Waals surface area contributed by atoms with E-state index in [-0.39, 0.29) is 6.10 Å². The molecule has 0 amide bonds. The second kappa shape index (κ2) is 4.61. The maximum absolute atomic E-state index is 9.43. The third-order valence-electron chi connectivity index (χ3n) is 2.86. The third-order valence-corrected chi connectivity index (χ3v) is 2.86. The lowest BCUT2D eigenvalue weighted by atomic mass is 9.93. The topological polar surface area (TPSA) is 20.2 Å². The fourth-order valence-electron chi connectivity index (χ4n) is 1.59. The fraction of sp³-hybridized carbons (Fsp3) is 0.538. The van der Waals surface area contributed by atoms with Crippen LogP contribution in [0.1, 0.15) is 30.5 Å². The van der Waals surface area contributed by atoms with Crippen LogP contribution >= 0.6 is 0 Å². The van der Waals surface area contributed by atoms with Crippen molar-refractivity contribution in [3.8, 4) is 0 Å². The van der Waals surface area contributed by atoms with Gasteiger partial charge in [0.1, 0.15) is 0 Å². The normalized spacial score (nSPS) is 15.2. The molecule has 1 aromatic carbocycles. The van der Waals surface area contributed by atoms with Gasteiger partial charge in [0.2, 0.25) is 0 Å². The molecule has 0 aliphatic heterocycles. The Morgan fingerprint density at radius 2 is 1.86 bits per heavy atom. The van der Waals surface area contributed by atoms with E-state index in [1.807, 2.05) is 6.92 Å². The van der Waals surface area contributed by atoms with Crippen molar-refractivity contribution in [2.75, 3.05) is 0 Å². The smallest absolute Gasteiger partial charge is 0.0540 e. The van der Waals surface area contributed by atoms with Crippen LogP contribution in [-0.2, 0) is 6.42 Å². The van der Waals surface area contributed by atoms with Crippen molar-refractivity contribution in [1.29, 1.82) is 0 Å². The van der Waals surface area contributed by atoms with Crippen LogP contribution in [0.4, 0.5) is 0 Å². The highest BCUT2D eigenvalue weighted by Gasteiger charge is 2.10. The quantitative estimate of drug-likeness (QED) is 0.780. The lowest BCUT2D eigenvalue weighted by Crippen LogP contribution is -2.15. The summed E-state index contributed by atoms with van der Waals surface area (Å²) in [6.45, 7) is 8.18. The zero-order chi connectivity index (χ0) is 10.7. The highest BCUT2D eigenvalue weighted by molar-refractivity contribution is 5.30. The van der Waals surface area contributed by atoms with Gasteiger partial charge in [-0.1, -0.05) is 30.7 Å². The van der Waals surface area contributed by atoms with Crippen molar-refractivity contribution >= 4 is 0 Å². The fourth-order valence-corrected chi connectivity index (χ4v) is 1.59. The number of aliphatic hydroxyl groups excluding tert-OH is 1. The van der Waals surface area contributed by atoms with Gasteiger partial charge in [0, 0.05) is 0 Å². The summed E-state index contributed by atoms with van der Waals surface area (Å²) in [6, 6.07) is 6.50. The van der Waals surface area contributed by atoms with Crippen LogP contribution in [0.5, 0.6) is 0 Å². The van der Waals surface area contributed by atoms with Crippen LogP contribution in [0.2, 0.25) is 0 Å². The van der Waals surface area contributed by atoms with Crippen molar-refractivity contribution < 1.29 is 5.11 Å². The highest BCUT2D eigenvalue weighted by atomic mass is 16.3. The largest absolute Gasteiger partial charge is 0.393 e. The minimum absolute atomic E-state index is 0.226. The lowest BCUT2D eigenvalue weighted by Gasteiger charge is -2.16. The van der Waals surface area contributed by atoms with E-state index in [4.69, 9.17) is 0 Å². The third kappa shape index (κ3) is 2.85. The van der Waals surface area contributed by atoms with Crippen molar-refractivity contribution in [2.45, 2.75) is 40.2 Å². The summed E-state index contributed by atoms with van der Waals surface area (Å²) in [5, 5.41) is 9.43. The molecule has 0 saturated heterocycles. The van der Waals surface area contributed by atoms with Gasteiger partial charge in [0.25, 0.3) is 0 Å². The molecule has 0 saturated carbocycles. The van der Waals surface area contributed by atoms with Crippen molar-refractivity contribution in [1.82, 2.24) is 0 Å². The number of benzene rings is 1. The Kier molecular flexibility index (Phi) is 3.70. The van der Waals surface area contributed by atoms with Gasteiger partial charge in [-0.05, 0) is 44.2 Å². The molecule has 0 aromatic heterocycles. The van der Waals surface area contributed by atoms with E-state index >= 15 is 0 Å². The Bertz CT molecular complexity index is 302. The molecule has 78 valence electrons. The summed E-state index contributed by atoms with van der Waals surface area (Å²) < 4.78 is 0. The molecule has 2 atom stereocenters. The second-order valence-electron chi connectivity index (χ2n) is 4.35. The van der Waals surface area contributed by atoms with Gasteiger partial charge in [-0.2, -0.15) is 0 Å². The number of rotatable bonds is 3. The highest BCUT2D eigenvalue weighted by Crippen LogP contribution is 2.16. The average molecular weight is 192 g/mol. The Hall–Kier alpha value is -0.820. The summed E-state index contributed by atoms with van der Waals surface area (Å²) in [5.74, 6) is 0.330. The lowest BCUT2D eigenvalue weighted by molar-refractivity contribution is 0.135. The second-order valence-corrected chi connectivity index (χ2v) is 4.35. The molecule has 1 N–H and O–H groups in total. The Balaban J connectivity index is 2.77. The summed E-state index contributed by atoms with van der Waals surface area (Å²) in [6.07, 6.45) is 0.736. The van der Waals surface area contributed by atoms with Crippen molar-refractivity contribution in [3.63, 3.8) is 0 Å². The van der Waals surface area contributed by atoms with E-state index in [9.17, 15) is 5.11 Å². The van der Waals surface area contributed by atoms with Crippen molar-refractivity contribution in [3.05, 3.63) is 34.9 Å².